The van der Waals surface area contributed by atoms with Gasteiger partial charge in [-0.3, -0.25) is 4.79 Å². The van der Waals surface area contributed by atoms with Gasteiger partial charge < -0.3 is 10.6 Å². The molecule has 0 aliphatic rings. The van der Waals surface area contributed by atoms with Gasteiger partial charge in [0.2, 0.25) is 0 Å². The Labute approximate surface area is 117 Å². The number of nitrogens with one attached hydrogen (secondary N) is 2. The lowest BCUT2D eigenvalue weighted by atomic mass is 10.1. The predicted octanol–water partition coefficient (Wildman–Crippen LogP) is 3.19. The van der Waals surface area contributed by atoms with E-state index in [2.05, 4.69) is 10.6 Å². The number of hydrogen-bond donors (Lipinski definition) is 2. The predicted molar refractivity (Wildman–Crippen MR) is 78.2 cm³/mol. The van der Waals surface area contributed by atoms with E-state index >= 15 is 0 Å². The molecule has 104 valence electrons. The highest BCUT2D eigenvalue weighted by molar-refractivity contribution is 5.99. The van der Waals surface area contributed by atoms with E-state index in [-0.39, 0.29) is 18.3 Å². The number of carbonyl (C=O) groups is 1. The van der Waals surface area contributed by atoms with Gasteiger partial charge in [-0.25, -0.2) is 4.39 Å². The molecule has 2 N–H and O–H groups in total. The zero-order valence-corrected chi connectivity index (χ0v) is 11.3. The van der Waals surface area contributed by atoms with Crippen LogP contribution in [0, 0.1) is 5.82 Å². The van der Waals surface area contributed by atoms with Gasteiger partial charge in [0.1, 0.15) is 5.82 Å². The fourth-order valence-electron chi connectivity index (χ4n) is 1.94. The van der Waals surface area contributed by atoms with Crippen LogP contribution in [0.15, 0.2) is 48.5 Å². The quantitative estimate of drug-likeness (QED) is 0.877. The number of benzene rings is 2. The molecule has 0 unspecified atom stereocenters. The minimum atomic E-state index is -0.312. The van der Waals surface area contributed by atoms with Gasteiger partial charge in [0, 0.05) is 24.3 Å². The lowest BCUT2D eigenvalue weighted by Crippen LogP contribution is -2.24. The van der Waals surface area contributed by atoms with E-state index in [9.17, 15) is 9.18 Å². The smallest absolute Gasteiger partial charge is 0.253 e. The van der Waals surface area contributed by atoms with Gasteiger partial charge in [-0.1, -0.05) is 30.3 Å². The van der Waals surface area contributed by atoms with Gasteiger partial charge in [0.25, 0.3) is 5.91 Å². The van der Waals surface area contributed by atoms with Crippen molar-refractivity contribution in [3.05, 3.63) is 65.5 Å². The SMILES string of the molecule is CCNc1ccccc1C(=O)NCc1ccccc1F. The first-order chi connectivity index (χ1) is 9.72. The molecule has 0 aliphatic heterocycles. The highest BCUT2D eigenvalue weighted by atomic mass is 19.1. The molecule has 0 aromatic heterocycles. The van der Waals surface area contributed by atoms with Gasteiger partial charge >= 0.3 is 0 Å². The van der Waals surface area contributed by atoms with Crippen LogP contribution in [-0.4, -0.2) is 12.5 Å². The van der Waals surface area contributed by atoms with E-state index in [1.807, 2.05) is 19.1 Å². The number of para-hydroxylation sites is 1. The third-order valence-corrected chi connectivity index (χ3v) is 2.94. The van der Waals surface area contributed by atoms with Crippen molar-refractivity contribution in [3.63, 3.8) is 0 Å². The van der Waals surface area contributed by atoms with Crippen LogP contribution in [0.3, 0.4) is 0 Å². The Hall–Kier alpha value is -2.36. The van der Waals surface area contributed by atoms with E-state index in [1.54, 1.807) is 30.3 Å². The summed E-state index contributed by atoms with van der Waals surface area (Å²) in [6.45, 7) is 2.87. The Morgan fingerprint density at radius 1 is 1.10 bits per heavy atom. The molecule has 3 nitrogen and oxygen atoms in total. The molecule has 2 aromatic carbocycles. The first-order valence-electron chi connectivity index (χ1n) is 6.57. The molecule has 0 spiro atoms. The molecule has 0 atom stereocenters. The third kappa shape index (κ3) is 3.35. The molecular weight excluding hydrogens is 255 g/mol. The summed E-state index contributed by atoms with van der Waals surface area (Å²) in [5.41, 5.74) is 1.81. The van der Waals surface area contributed by atoms with Crippen molar-refractivity contribution in [1.82, 2.24) is 5.32 Å². The second-order valence-electron chi connectivity index (χ2n) is 4.35. The summed E-state index contributed by atoms with van der Waals surface area (Å²) in [5.74, 6) is -0.530. The van der Waals surface area contributed by atoms with Crippen molar-refractivity contribution in [1.29, 1.82) is 0 Å². The summed E-state index contributed by atoms with van der Waals surface area (Å²) in [4.78, 5) is 12.2. The van der Waals surface area contributed by atoms with Gasteiger partial charge in [-0.15, -0.1) is 0 Å². The molecule has 0 bridgehead atoms. The van der Waals surface area contributed by atoms with Crippen molar-refractivity contribution in [2.24, 2.45) is 0 Å². The Balaban J connectivity index is 2.07. The third-order valence-electron chi connectivity index (χ3n) is 2.94. The lowest BCUT2D eigenvalue weighted by Gasteiger charge is -2.11. The maximum Gasteiger partial charge on any atom is 0.253 e. The average Bonchev–Trinajstić information content (AvgIpc) is 2.47. The number of anilines is 1. The van der Waals surface area contributed by atoms with E-state index in [1.165, 1.54) is 6.07 Å². The Bertz CT molecular complexity index is 599. The molecule has 0 saturated carbocycles. The Morgan fingerprint density at radius 3 is 2.55 bits per heavy atom. The van der Waals surface area contributed by atoms with Crippen LogP contribution < -0.4 is 10.6 Å². The van der Waals surface area contributed by atoms with E-state index in [4.69, 9.17) is 0 Å². The molecule has 0 fully saturated rings. The number of hydrogen-bond acceptors (Lipinski definition) is 2. The number of rotatable bonds is 5. The zero-order chi connectivity index (χ0) is 14.4. The molecule has 0 saturated heterocycles. The highest BCUT2D eigenvalue weighted by Gasteiger charge is 2.10. The standard InChI is InChI=1S/C16H17FN2O/c1-2-18-15-10-6-4-8-13(15)16(20)19-11-12-7-3-5-9-14(12)17/h3-10,18H,2,11H2,1H3,(H,19,20). The minimum Gasteiger partial charge on any atom is -0.385 e. The second kappa shape index (κ2) is 6.70. The van der Waals surface area contributed by atoms with E-state index in [0.717, 1.165) is 12.2 Å². The van der Waals surface area contributed by atoms with Gasteiger partial charge in [-0.2, -0.15) is 0 Å². The largest absolute Gasteiger partial charge is 0.385 e. The summed E-state index contributed by atoms with van der Waals surface area (Å²) < 4.78 is 13.5. The number of carbonyl (C=O) groups excluding carboxylic acids is 1. The lowest BCUT2D eigenvalue weighted by molar-refractivity contribution is 0.0951. The topological polar surface area (TPSA) is 41.1 Å². The van der Waals surface area contributed by atoms with Crippen LogP contribution in [-0.2, 0) is 6.54 Å². The van der Waals surface area contributed by atoms with Crippen LogP contribution in [0.2, 0.25) is 0 Å². The first-order valence-corrected chi connectivity index (χ1v) is 6.57. The summed E-state index contributed by atoms with van der Waals surface area (Å²) in [5, 5.41) is 5.87. The molecule has 0 aliphatic carbocycles. The van der Waals surface area contributed by atoms with Crippen LogP contribution in [0.4, 0.5) is 10.1 Å². The van der Waals surface area contributed by atoms with Crippen molar-refractivity contribution >= 4 is 11.6 Å². The molecule has 4 heteroatoms. The van der Waals surface area contributed by atoms with E-state index in [0.29, 0.717) is 11.1 Å². The van der Waals surface area contributed by atoms with Crippen molar-refractivity contribution < 1.29 is 9.18 Å². The highest BCUT2D eigenvalue weighted by Crippen LogP contribution is 2.15. The zero-order valence-electron chi connectivity index (χ0n) is 11.3. The molecule has 2 aromatic rings. The Kier molecular flexibility index (Phi) is 4.71. The first kappa shape index (κ1) is 14.1. The summed E-state index contributed by atoms with van der Waals surface area (Å²) in [6.07, 6.45) is 0. The maximum atomic E-state index is 13.5. The fraction of sp³-hybridized carbons (Fsp3) is 0.188. The van der Waals surface area contributed by atoms with Crippen molar-refractivity contribution in [3.8, 4) is 0 Å². The number of amides is 1. The number of halogens is 1. The van der Waals surface area contributed by atoms with Crippen LogP contribution in [0.1, 0.15) is 22.8 Å². The van der Waals surface area contributed by atoms with Gasteiger partial charge in [0.15, 0.2) is 0 Å². The maximum absolute atomic E-state index is 13.5. The van der Waals surface area contributed by atoms with Gasteiger partial charge in [0.05, 0.1) is 5.56 Å². The normalized spacial score (nSPS) is 10.1. The fourth-order valence-corrected chi connectivity index (χ4v) is 1.94. The van der Waals surface area contributed by atoms with Crippen LogP contribution >= 0.6 is 0 Å². The van der Waals surface area contributed by atoms with E-state index < -0.39 is 0 Å². The molecule has 0 radical (unpaired) electrons. The summed E-state index contributed by atoms with van der Waals surface area (Å²) in [7, 11) is 0. The monoisotopic (exact) mass is 272 g/mol. The molecule has 0 heterocycles. The van der Waals surface area contributed by atoms with Crippen LogP contribution in [0.25, 0.3) is 0 Å². The molecule has 20 heavy (non-hydrogen) atoms. The summed E-state index contributed by atoms with van der Waals surface area (Å²) in [6, 6.07) is 13.7. The molecular formula is C16H17FN2O. The van der Waals surface area contributed by atoms with Gasteiger partial charge in [-0.05, 0) is 25.1 Å². The minimum absolute atomic E-state index is 0.173. The van der Waals surface area contributed by atoms with Crippen molar-refractivity contribution in [2.75, 3.05) is 11.9 Å². The Morgan fingerprint density at radius 2 is 1.80 bits per heavy atom. The summed E-state index contributed by atoms with van der Waals surface area (Å²) >= 11 is 0. The van der Waals surface area contributed by atoms with Crippen LogP contribution in [0.5, 0.6) is 0 Å². The average molecular weight is 272 g/mol. The second-order valence-corrected chi connectivity index (χ2v) is 4.35. The molecule has 2 rings (SSSR count). The molecule has 1 amide bonds. The van der Waals surface area contributed by atoms with Crippen molar-refractivity contribution in [2.45, 2.75) is 13.5 Å².